The predicted molar refractivity (Wildman–Crippen MR) is 77.8 cm³/mol. The van der Waals surface area contributed by atoms with Crippen LogP contribution in [0.4, 0.5) is 0 Å². The second-order valence-electron chi connectivity index (χ2n) is 4.54. The number of rotatable bonds is 5. The topological polar surface area (TPSA) is 108 Å². The molecular weight excluding hydrogens is 294 g/mol. The number of benzene rings is 1. The van der Waals surface area contributed by atoms with Gasteiger partial charge in [-0.05, 0) is 17.7 Å². The Hall–Kier alpha value is -1.28. The molecule has 21 heavy (non-hydrogen) atoms. The van der Waals surface area contributed by atoms with Crippen LogP contribution in [0.1, 0.15) is 0 Å². The molecule has 0 radical (unpaired) electrons. The fourth-order valence-corrected chi connectivity index (χ4v) is 3.42. The molecule has 5 atom stereocenters. The molecule has 1 aliphatic rings. The molecule has 1 aliphatic heterocycles. The van der Waals surface area contributed by atoms with E-state index in [4.69, 9.17) is 15.0 Å². The molecule has 8 heteroatoms. The van der Waals surface area contributed by atoms with Crippen molar-refractivity contribution in [3.8, 4) is 0 Å². The zero-order valence-corrected chi connectivity index (χ0v) is 12.3. The van der Waals surface area contributed by atoms with Gasteiger partial charge in [-0.2, -0.15) is 0 Å². The molecule has 0 aromatic heterocycles. The van der Waals surface area contributed by atoms with Crippen molar-refractivity contribution in [1.29, 1.82) is 0 Å². The molecule has 7 nitrogen and oxygen atoms in total. The zero-order valence-electron chi connectivity index (χ0n) is 11.4. The van der Waals surface area contributed by atoms with Crippen molar-refractivity contribution in [2.75, 3.05) is 13.7 Å². The number of hydrogen-bond acceptors (Lipinski definition) is 6. The number of azide groups is 1. The predicted octanol–water partition coefficient (Wildman–Crippen LogP) is 1.55. The Bertz CT molecular complexity index is 497. The van der Waals surface area contributed by atoms with Crippen molar-refractivity contribution in [3.63, 3.8) is 0 Å². The number of nitrogens with zero attached hydrogens (tertiary/aromatic N) is 3. The number of aliphatic hydroxyl groups excluding tert-OH is 2. The molecule has 0 amide bonds. The second-order valence-corrected chi connectivity index (χ2v) is 5.71. The lowest BCUT2D eigenvalue weighted by atomic mass is 9.98. The van der Waals surface area contributed by atoms with Gasteiger partial charge in [0.15, 0.2) is 0 Å². The molecule has 1 fully saturated rings. The lowest BCUT2D eigenvalue weighted by Crippen LogP contribution is -2.57. The van der Waals surface area contributed by atoms with Crippen LogP contribution >= 0.6 is 11.8 Å². The Labute approximate surface area is 126 Å². The first-order valence-electron chi connectivity index (χ1n) is 6.44. The van der Waals surface area contributed by atoms with Crippen molar-refractivity contribution in [2.45, 2.75) is 34.7 Å². The van der Waals surface area contributed by atoms with E-state index >= 15 is 0 Å². The summed E-state index contributed by atoms with van der Waals surface area (Å²) in [6.07, 6.45) is -2.53. The van der Waals surface area contributed by atoms with Crippen molar-refractivity contribution in [2.24, 2.45) is 5.11 Å². The smallest absolute Gasteiger partial charge is 0.134 e. The van der Waals surface area contributed by atoms with E-state index in [1.165, 1.54) is 18.9 Å². The maximum atomic E-state index is 10.1. The molecule has 1 saturated heterocycles. The molecular formula is C13H17N3O4S. The van der Waals surface area contributed by atoms with Crippen LogP contribution in [0.15, 0.2) is 40.3 Å². The second kappa shape index (κ2) is 7.65. The quantitative estimate of drug-likeness (QED) is 0.487. The first-order valence-corrected chi connectivity index (χ1v) is 7.32. The molecule has 1 aromatic rings. The fraction of sp³-hybridized carbons (Fsp3) is 0.538. The van der Waals surface area contributed by atoms with Gasteiger partial charge in [-0.3, -0.25) is 0 Å². The van der Waals surface area contributed by atoms with E-state index < -0.39 is 29.8 Å². The van der Waals surface area contributed by atoms with E-state index in [0.717, 1.165) is 4.90 Å². The third kappa shape index (κ3) is 3.68. The normalized spacial score (nSPS) is 32.4. The average molecular weight is 311 g/mol. The van der Waals surface area contributed by atoms with Gasteiger partial charge in [0.05, 0.1) is 18.8 Å². The first-order chi connectivity index (χ1) is 10.2. The number of thioether (sulfide) groups is 1. The third-order valence-corrected chi connectivity index (χ3v) is 4.43. The maximum absolute atomic E-state index is 10.1. The summed E-state index contributed by atoms with van der Waals surface area (Å²) in [6.45, 7) is -0.360. The third-order valence-electron chi connectivity index (χ3n) is 3.28. The van der Waals surface area contributed by atoms with E-state index in [2.05, 4.69) is 10.0 Å². The average Bonchev–Trinajstić information content (AvgIpc) is 2.51. The lowest BCUT2D eigenvalue weighted by Gasteiger charge is -2.41. The van der Waals surface area contributed by atoms with Crippen molar-refractivity contribution >= 4 is 11.8 Å². The highest BCUT2D eigenvalue weighted by molar-refractivity contribution is 7.99. The van der Waals surface area contributed by atoms with Gasteiger partial charge in [0, 0.05) is 16.9 Å². The molecule has 2 unspecified atom stereocenters. The minimum absolute atomic E-state index is 0.360. The van der Waals surface area contributed by atoms with Crippen LogP contribution in [0, 0.1) is 0 Å². The van der Waals surface area contributed by atoms with Gasteiger partial charge in [-0.15, -0.1) is 0 Å². The number of aliphatic hydroxyl groups is 2. The van der Waals surface area contributed by atoms with Crippen LogP contribution in [0.25, 0.3) is 10.4 Å². The minimum Gasteiger partial charge on any atom is -0.394 e. The van der Waals surface area contributed by atoms with E-state index in [-0.39, 0.29) is 6.61 Å². The number of methoxy groups -OCH3 is 1. The summed E-state index contributed by atoms with van der Waals surface area (Å²) < 4.78 is 11.0. The highest BCUT2D eigenvalue weighted by Crippen LogP contribution is 2.35. The number of ether oxygens (including phenoxy) is 2. The molecule has 2 N–H and O–H groups in total. The summed E-state index contributed by atoms with van der Waals surface area (Å²) in [7, 11) is 1.47. The summed E-state index contributed by atoms with van der Waals surface area (Å²) in [4.78, 5) is 3.71. The van der Waals surface area contributed by atoms with E-state index in [9.17, 15) is 10.2 Å². The van der Waals surface area contributed by atoms with Crippen molar-refractivity contribution < 1.29 is 19.7 Å². The van der Waals surface area contributed by atoms with E-state index in [1.54, 1.807) is 0 Å². The van der Waals surface area contributed by atoms with Gasteiger partial charge >= 0.3 is 0 Å². The Balaban J connectivity index is 2.23. The van der Waals surface area contributed by atoms with Crippen molar-refractivity contribution in [3.05, 3.63) is 40.8 Å². The Morgan fingerprint density at radius 2 is 2.14 bits per heavy atom. The SMILES string of the molecule is COC1[C@@H](N=[N+]=[N-])[C@@H](O)C(CO)O[C@H]1Sc1ccccc1. The maximum Gasteiger partial charge on any atom is 0.134 e. The summed E-state index contributed by atoms with van der Waals surface area (Å²) >= 11 is 1.40. The Morgan fingerprint density at radius 3 is 2.71 bits per heavy atom. The van der Waals surface area contributed by atoms with Gasteiger partial charge < -0.3 is 19.7 Å². The standard InChI is InChI=1S/C13H17N3O4S/c1-19-12-10(15-16-14)11(18)9(7-17)20-13(12)21-8-5-3-2-4-6-8/h2-6,9-13,17-18H,7H2,1H3/t9?,10-,11-,12?,13-/m0/s1. The van der Waals surface area contributed by atoms with Gasteiger partial charge in [-0.25, -0.2) is 0 Å². The van der Waals surface area contributed by atoms with Gasteiger partial charge in [-0.1, -0.05) is 35.1 Å². The van der Waals surface area contributed by atoms with E-state index in [1.807, 2.05) is 30.3 Å². The van der Waals surface area contributed by atoms with Gasteiger partial charge in [0.1, 0.15) is 17.6 Å². The monoisotopic (exact) mass is 311 g/mol. The van der Waals surface area contributed by atoms with Crippen LogP contribution < -0.4 is 0 Å². The molecule has 114 valence electrons. The molecule has 0 bridgehead atoms. The van der Waals surface area contributed by atoms with Crippen LogP contribution in [-0.4, -0.2) is 53.7 Å². The first kappa shape index (κ1) is 16.1. The van der Waals surface area contributed by atoms with Gasteiger partial charge in [0.25, 0.3) is 0 Å². The van der Waals surface area contributed by atoms with Crippen LogP contribution in [0.3, 0.4) is 0 Å². The summed E-state index contributed by atoms with van der Waals surface area (Å²) in [5.41, 5.74) is 8.17. The van der Waals surface area contributed by atoms with E-state index in [0.29, 0.717) is 0 Å². The summed E-state index contributed by atoms with van der Waals surface area (Å²) in [5.74, 6) is 0. The Kier molecular flexibility index (Phi) is 5.86. The largest absolute Gasteiger partial charge is 0.394 e. The molecule has 0 spiro atoms. The zero-order chi connectivity index (χ0) is 15.2. The van der Waals surface area contributed by atoms with Crippen LogP contribution in [0.2, 0.25) is 0 Å². The fourth-order valence-electron chi connectivity index (χ4n) is 2.23. The highest BCUT2D eigenvalue weighted by Gasteiger charge is 2.45. The molecule has 0 saturated carbocycles. The Morgan fingerprint density at radius 1 is 1.43 bits per heavy atom. The van der Waals surface area contributed by atoms with Crippen LogP contribution in [0.5, 0.6) is 0 Å². The minimum atomic E-state index is -1.11. The lowest BCUT2D eigenvalue weighted by molar-refractivity contribution is -0.167. The summed E-state index contributed by atoms with van der Waals surface area (Å²) in [5, 5.41) is 23.0. The van der Waals surface area contributed by atoms with Crippen molar-refractivity contribution in [1.82, 2.24) is 0 Å². The summed E-state index contributed by atoms with van der Waals surface area (Å²) in [6, 6.07) is 8.73. The van der Waals surface area contributed by atoms with Gasteiger partial charge in [0.2, 0.25) is 0 Å². The molecule has 1 aromatic carbocycles. The number of hydrogen-bond donors (Lipinski definition) is 2. The molecule has 1 heterocycles. The highest BCUT2D eigenvalue weighted by atomic mass is 32.2. The molecule has 2 rings (SSSR count). The molecule has 0 aliphatic carbocycles. The van der Waals surface area contributed by atoms with Crippen LogP contribution in [-0.2, 0) is 9.47 Å².